The number of benzene rings is 1. The molecule has 0 spiro atoms. The van der Waals surface area contributed by atoms with Crippen LogP contribution in [-0.2, 0) is 9.59 Å². The van der Waals surface area contributed by atoms with Crippen LogP contribution in [0.25, 0.3) is 0 Å². The minimum absolute atomic E-state index is 0.0146. The Labute approximate surface area is 149 Å². The second-order valence-corrected chi connectivity index (χ2v) is 6.14. The summed E-state index contributed by atoms with van der Waals surface area (Å²) in [4.78, 5) is 26.0. The fourth-order valence-corrected chi connectivity index (χ4v) is 2.82. The first-order valence-corrected chi connectivity index (χ1v) is 9.05. The van der Waals surface area contributed by atoms with E-state index >= 15 is 0 Å². The highest BCUT2D eigenvalue weighted by atomic mass is 16.5. The van der Waals surface area contributed by atoms with Crippen LogP contribution < -0.4 is 14.8 Å². The molecule has 0 aromatic heterocycles. The lowest BCUT2D eigenvalue weighted by Gasteiger charge is -2.31. The third kappa shape index (κ3) is 5.96. The van der Waals surface area contributed by atoms with Gasteiger partial charge in [-0.1, -0.05) is 6.92 Å². The van der Waals surface area contributed by atoms with E-state index in [1.54, 1.807) is 17.0 Å². The summed E-state index contributed by atoms with van der Waals surface area (Å²) >= 11 is 0. The van der Waals surface area contributed by atoms with Gasteiger partial charge in [-0.2, -0.15) is 0 Å². The molecule has 1 fully saturated rings. The molecule has 0 radical (unpaired) electrons. The molecule has 1 aliphatic rings. The molecule has 0 unspecified atom stereocenters. The van der Waals surface area contributed by atoms with Crippen molar-refractivity contribution in [3.05, 3.63) is 24.3 Å². The maximum atomic E-state index is 12.3. The third-order valence-electron chi connectivity index (χ3n) is 4.26. The summed E-state index contributed by atoms with van der Waals surface area (Å²) in [6, 6.07) is 7.23. The van der Waals surface area contributed by atoms with E-state index in [0.717, 1.165) is 12.2 Å². The van der Waals surface area contributed by atoms with Gasteiger partial charge in [-0.05, 0) is 50.5 Å². The van der Waals surface area contributed by atoms with E-state index in [9.17, 15) is 9.59 Å². The van der Waals surface area contributed by atoms with Gasteiger partial charge in [0.1, 0.15) is 11.5 Å². The molecular weight excluding hydrogens is 320 g/mol. The minimum Gasteiger partial charge on any atom is -0.494 e. The molecule has 1 saturated heterocycles. The standard InChI is InChI=1S/C19H28N2O4/c1-3-11-20-19(23)15-9-12-21(13-10-15)18(22)14-25-17-7-5-16(6-8-17)24-4-2/h5-8,15H,3-4,9-14H2,1-2H3,(H,20,23). The number of hydrogen-bond acceptors (Lipinski definition) is 4. The molecular formula is C19H28N2O4. The molecule has 1 aromatic rings. The number of likely N-dealkylation sites (tertiary alicyclic amines) is 1. The van der Waals surface area contributed by atoms with Gasteiger partial charge in [0.2, 0.25) is 5.91 Å². The quantitative estimate of drug-likeness (QED) is 0.782. The Morgan fingerprint density at radius 1 is 1.08 bits per heavy atom. The molecule has 6 heteroatoms. The number of carbonyl (C=O) groups is 2. The Balaban J connectivity index is 1.72. The Hall–Kier alpha value is -2.24. The summed E-state index contributed by atoms with van der Waals surface area (Å²) in [5, 5.41) is 2.93. The number of carbonyl (C=O) groups excluding carboxylic acids is 2. The maximum Gasteiger partial charge on any atom is 0.260 e. The van der Waals surface area contributed by atoms with Crippen LogP contribution in [0.3, 0.4) is 0 Å². The lowest BCUT2D eigenvalue weighted by Crippen LogP contribution is -2.44. The average molecular weight is 348 g/mol. The van der Waals surface area contributed by atoms with Crippen LogP contribution in [0.5, 0.6) is 11.5 Å². The normalized spacial score (nSPS) is 14.9. The maximum absolute atomic E-state index is 12.3. The van der Waals surface area contributed by atoms with Crippen molar-refractivity contribution in [2.75, 3.05) is 32.8 Å². The number of piperidine rings is 1. The summed E-state index contributed by atoms with van der Waals surface area (Å²) in [5.41, 5.74) is 0. The van der Waals surface area contributed by atoms with Crippen LogP contribution in [0.15, 0.2) is 24.3 Å². The van der Waals surface area contributed by atoms with E-state index in [1.165, 1.54) is 0 Å². The number of amides is 2. The monoisotopic (exact) mass is 348 g/mol. The molecule has 25 heavy (non-hydrogen) atoms. The number of ether oxygens (including phenoxy) is 2. The summed E-state index contributed by atoms with van der Waals surface area (Å²) < 4.78 is 10.9. The highest BCUT2D eigenvalue weighted by Crippen LogP contribution is 2.19. The van der Waals surface area contributed by atoms with Gasteiger partial charge in [-0.15, -0.1) is 0 Å². The topological polar surface area (TPSA) is 67.9 Å². The van der Waals surface area contributed by atoms with Gasteiger partial charge in [0.25, 0.3) is 5.91 Å². The molecule has 0 bridgehead atoms. The number of nitrogens with one attached hydrogen (secondary N) is 1. The highest BCUT2D eigenvalue weighted by molar-refractivity contribution is 5.80. The van der Waals surface area contributed by atoms with Crippen molar-refractivity contribution in [3.8, 4) is 11.5 Å². The number of rotatable bonds is 8. The van der Waals surface area contributed by atoms with E-state index in [2.05, 4.69) is 5.32 Å². The van der Waals surface area contributed by atoms with Gasteiger partial charge in [0.05, 0.1) is 6.61 Å². The van der Waals surface area contributed by atoms with Crippen LogP contribution in [0.2, 0.25) is 0 Å². The summed E-state index contributed by atoms with van der Waals surface area (Å²) in [5.74, 6) is 1.51. The van der Waals surface area contributed by atoms with Gasteiger partial charge in [0, 0.05) is 25.6 Å². The first kappa shape index (κ1) is 19.1. The zero-order chi connectivity index (χ0) is 18.1. The molecule has 0 saturated carbocycles. The molecule has 1 heterocycles. The first-order valence-electron chi connectivity index (χ1n) is 9.05. The van der Waals surface area contributed by atoms with Gasteiger partial charge in [0.15, 0.2) is 6.61 Å². The molecule has 0 atom stereocenters. The Morgan fingerprint density at radius 2 is 1.68 bits per heavy atom. The van der Waals surface area contributed by atoms with Crippen molar-refractivity contribution in [2.45, 2.75) is 33.1 Å². The Morgan fingerprint density at radius 3 is 2.24 bits per heavy atom. The van der Waals surface area contributed by atoms with Gasteiger partial charge in [-0.3, -0.25) is 9.59 Å². The number of hydrogen-bond donors (Lipinski definition) is 1. The van der Waals surface area contributed by atoms with E-state index in [1.807, 2.05) is 26.0 Å². The van der Waals surface area contributed by atoms with Crippen LogP contribution in [0.4, 0.5) is 0 Å². The zero-order valence-electron chi connectivity index (χ0n) is 15.1. The SMILES string of the molecule is CCCNC(=O)C1CCN(C(=O)COc2ccc(OCC)cc2)CC1. The average Bonchev–Trinajstić information content (AvgIpc) is 2.65. The van der Waals surface area contributed by atoms with Gasteiger partial charge in [-0.25, -0.2) is 0 Å². The fraction of sp³-hybridized carbons (Fsp3) is 0.579. The van der Waals surface area contributed by atoms with E-state index in [4.69, 9.17) is 9.47 Å². The molecule has 1 aromatic carbocycles. The second kappa shape index (κ2) is 9.91. The van der Waals surface area contributed by atoms with Gasteiger partial charge < -0.3 is 19.7 Å². The van der Waals surface area contributed by atoms with Crippen LogP contribution >= 0.6 is 0 Å². The summed E-state index contributed by atoms with van der Waals surface area (Å²) in [6.07, 6.45) is 2.36. The molecule has 2 rings (SSSR count). The van der Waals surface area contributed by atoms with E-state index in [-0.39, 0.29) is 24.3 Å². The van der Waals surface area contributed by atoms with Crippen LogP contribution in [-0.4, -0.2) is 49.6 Å². The molecule has 2 amide bonds. The van der Waals surface area contributed by atoms with Crippen LogP contribution in [0, 0.1) is 5.92 Å². The zero-order valence-corrected chi connectivity index (χ0v) is 15.1. The smallest absolute Gasteiger partial charge is 0.260 e. The second-order valence-electron chi connectivity index (χ2n) is 6.14. The van der Waals surface area contributed by atoms with Crippen molar-refractivity contribution in [2.24, 2.45) is 5.92 Å². The van der Waals surface area contributed by atoms with Gasteiger partial charge >= 0.3 is 0 Å². The van der Waals surface area contributed by atoms with Crippen molar-refractivity contribution < 1.29 is 19.1 Å². The van der Waals surface area contributed by atoms with E-state index in [0.29, 0.717) is 44.8 Å². The highest BCUT2D eigenvalue weighted by Gasteiger charge is 2.27. The lowest BCUT2D eigenvalue weighted by atomic mass is 9.96. The number of nitrogens with zero attached hydrogens (tertiary/aromatic N) is 1. The molecule has 1 N–H and O–H groups in total. The summed E-state index contributed by atoms with van der Waals surface area (Å²) in [6.45, 7) is 6.52. The molecule has 6 nitrogen and oxygen atoms in total. The first-order chi connectivity index (χ1) is 12.1. The van der Waals surface area contributed by atoms with Crippen molar-refractivity contribution in [1.29, 1.82) is 0 Å². The Kier molecular flexibility index (Phi) is 7.57. The largest absolute Gasteiger partial charge is 0.494 e. The van der Waals surface area contributed by atoms with E-state index < -0.39 is 0 Å². The molecule has 0 aliphatic carbocycles. The van der Waals surface area contributed by atoms with Crippen molar-refractivity contribution in [1.82, 2.24) is 10.2 Å². The predicted octanol–water partition coefficient (Wildman–Crippen LogP) is 2.23. The molecule has 1 aliphatic heterocycles. The summed E-state index contributed by atoms with van der Waals surface area (Å²) in [7, 11) is 0. The minimum atomic E-state index is -0.0405. The van der Waals surface area contributed by atoms with Crippen molar-refractivity contribution in [3.63, 3.8) is 0 Å². The van der Waals surface area contributed by atoms with Crippen molar-refractivity contribution >= 4 is 11.8 Å². The third-order valence-corrected chi connectivity index (χ3v) is 4.26. The fourth-order valence-electron chi connectivity index (χ4n) is 2.82. The predicted molar refractivity (Wildman–Crippen MR) is 95.7 cm³/mol. The van der Waals surface area contributed by atoms with Crippen LogP contribution in [0.1, 0.15) is 33.1 Å². The molecule has 138 valence electrons. The Bertz CT molecular complexity index is 551. The lowest BCUT2D eigenvalue weighted by molar-refractivity contribution is -0.137.